The van der Waals surface area contributed by atoms with Gasteiger partial charge >= 0.3 is 0 Å². The van der Waals surface area contributed by atoms with Crippen molar-refractivity contribution in [3.63, 3.8) is 0 Å². The summed E-state index contributed by atoms with van der Waals surface area (Å²) >= 11 is 0. The standard InChI is InChI=1S/C31H43F2N5O.C30H41F2N5O2.C30H42FN5O2/c1-4-15-37(31(39)26-20-25(32)11-12-27(26)33)22-30-35-28-19-24(10-13-29(28)38(30)16-5-2)21-34-14-8-18-36-17-7-6-9-23(36)3;1-4-11-37-28-9-6-23(19-33-10-5-12-35-13-15-39-16-14-35)17-27(28)34-29(37)21-36(20-22(2)3)30(38)25-18-24(31)7-8-26(25)32;1-4-12-36-28-10-9-24(20-32-11-6-13-34-14-16-38-17-15-34)18-27(28)33-29(36)22-35(21-23(2)3)30(37)25-7-5-8-26(31)19-25/h10-13,19-20,23,34H,4-9,14-18,21-22H2,1-3H3;6-9,17-18,22,33H,4-5,10-16,19-21H2,1-3H3;5,7-10,18-19,23,32H,4,6,11-17,20-22H2,1-3H3. The number of piperidine rings is 1. The van der Waals surface area contributed by atoms with Crippen molar-refractivity contribution in [1.29, 1.82) is 0 Å². The van der Waals surface area contributed by atoms with Crippen molar-refractivity contribution in [3.8, 4) is 0 Å². The highest BCUT2D eigenvalue weighted by Gasteiger charge is 2.28. The molecule has 20 nitrogen and oxygen atoms in total. The number of morpholine rings is 2. The van der Waals surface area contributed by atoms with Crippen molar-refractivity contribution < 1.29 is 45.8 Å². The Bertz CT molecular complexity index is 4570. The molecule has 1 atom stereocenters. The molecule has 0 radical (unpaired) electrons. The van der Waals surface area contributed by atoms with Crippen molar-refractivity contribution in [2.24, 2.45) is 11.8 Å². The fraction of sp³-hybridized carbons (Fsp3) is 0.538. The molecular formula is C91H126F5N15O5. The maximum atomic E-state index is 14.5. The Morgan fingerprint density at radius 1 is 0.457 bits per heavy atom. The quantitative estimate of drug-likeness (QED) is 0.0245. The molecule has 0 aliphatic carbocycles. The van der Waals surface area contributed by atoms with Crippen LogP contribution in [0.5, 0.6) is 0 Å². The van der Waals surface area contributed by atoms with Crippen molar-refractivity contribution in [1.82, 2.24) is 74.0 Å². The topological polar surface area (TPSA) is 179 Å². The molecular weight excluding hydrogens is 1480 g/mol. The Morgan fingerprint density at radius 2 is 0.862 bits per heavy atom. The third kappa shape index (κ3) is 26.2. The first-order valence-corrected chi connectivity index (χ1v) is 42.6. The first-order valence-electron chi connectivity index (χ1n) is 42.6. The first kappa shape index (κ1) is 89.8. The van der Waals surface area contributed by atoms with Gasteiger partial charge in [0.25, 0.3) is 17.7 Å². The number of hydrogen-bond acceptors (Lipinski definition) is 14. The summed E-state index contributed by atoms with van der Waals surface area (Å²) < 4.78 is 87.7. The lowest BCUT2D eigenvalue weighted by molar-refractivity contribution is 0.0374. The average Bonchev–Trinajstić information content (AvgIpc) is 1.65. The number of halogens is 5. The van der Waals surface area contributed by atoms with Gasteiger partial charge in [-0.2, -0.15) is 0 Å². The molecule has 6 heterocycles. The summed E-state index contributed by atoms with van der Waals surface area (Å²) in [5, 5.41) is 10.7. The molecule has 0 bridgehead atoms. The lowest BCUT2D eigenvalue weighted by Gasteiger charge is -2.33. The van der Waals surface area contributed by atoms with E-state index >= 15 is 0 Å². The summed E-state index contributed by atoms with van der Waals surface area (Å²) in [7, 11) is 0. The van der Waals surface area contributed by atoms with Gasteiger partial charge in [-0.1, -0.05) is 86.1 Å². The zero-order valence-electron chi connectivity index (χ0n) is 70.2. The van der Waals surface area contributed by atoms with E-state index in [1.807, 2.05) is 20.8 Å². The summed E-state index contributed by atoms with van der Waals surface area (Å²) in [6.07, 6.45) is 10.8. The van der Waals surface area contributed by atoms with Crippen molar-refractivity contribution >= 4 is 50.8 Å². The van der Waals surface area contributed by atoms with Crippen LogP contribution in [-0.2, 0) is 68.4 Å². The fourth-order valence-electron chi connectivity index (χ4n) is 15.7. The second-order valence-electron chi connectivity index (χ2n) is 32.0. The number of fused-ring (bicyclic) bond motifs is 3. The zero-order valence-corrected chi connectivity index (χ0v) is 70.2. The van der Waals surface area contributed by atoms with Crippen LogP contribution in [0.3, 0.4) is 0 Å². The second kappa shape index (κ2) is 46.0. The monoisotopic (exact) mass is 1600 g/mol. The maximum absolute atomic E-state index is 14.5. The molecule has 0 spiro atoms. The summed E-state index contributed by atoms with van der Waals surface area (Å²) in [6, 6.07) is 31.8. The number of hydrogen-bond donors (Lipinski definition) is 3. The third-order valence-electron chi connectivity index (χ3n) is 21.5. The smallest absolute Gasteiger partial charge is 0.257 e. The number of carbonyl (C=O) groups is 3. The number of benzene rings is 6. The van der Waals surface area contributed by atoms with Crippen LogP contribution < -0.4 is 16.0 Å². The van der Waals surface area contributed by atoms with Crippen molar-refractivity contribution in [3.05, 3.63) is 195 Å². The molecule has 3 aliphatic heterocycles. The summed E-state index contributed by atoms with van der Waals surface area (Å²) in [5.41, 5.74) is 9.22. The summed E-state index contributed by atoms with van der Waals surface area (Å²) in [4.78, 5) is 67.2. The fourth-order valence-corrected chi connectivity index (χ4v) is 15.7. The Labute approximate surface area is 683 Å². The largest absolute Gasteiger partial charge is 0.379 e. The van der Waals surface area contributed by atoms with E-state index in [0.717, 1.165) is 262 Å². The number of carbonyl (C=O) groups excluding carboxylic acids is 3. The predicted molar refractivity (Wildman–Crippen MR) is 452 cm³/mol. The van der Waals surface area contributed by atoms with Crippen LogP contribution in [0.25, 0.3) is 33.1 Å². The van der Waals surface area contributed by atoms with Gasteiger partial charge in [-0.15, -0.1) is 0 Å². The van der Waals surface area contributed by atoms with E-state index in [1.54, 1.807) is 26.8 Å². The van der Waals surface area contributed by atoms with Crippen molar-refractivity contribution in [2.45, 2.75) is 191 Å². The lowest BCUT2D eigenvalue weighted by atomic mass is 10.0. The molecule has 9 aromatic rings. The van der Waals surface area contributed by atoms with Gasteiger partial charge in [0.1, 0.15) is 46.6 Å². The molecule has 1 unspecified atom stereocenters. The summed E-state index contributed by atoms with van der Waals surface area (Å²) in [6.45, 7) is 40.6. The molecule has 6 aromatic carbocycles. The van der Waals surface area contributed by atoms with Crippen LogP contribution in [0.1, 0.15) is 192 Å². The normalized spacial score (nSPS) is 15.0. The van der Waals surface area contributed by atoms with Gasteiger partial charge in [0.05, 0.1) is 90.3 Å². The van der Waals surface area contributed by atoms with E-state index in [4.69, 9.17) is 24.4 Å². The number of nitrogens with zero attached hydrogens (tertiary/aromatic N) is 12. The summed E-state index contributed by atoms with van der Waals surface area (Å²) in [5.74, 6) is -1.54. The van der Waals surface area contributed by atoms with Crippen LogP contribution >= 0.6 is 0 Å². The van der Waals surface area contributed by atoms with Crippen LogP contribution in [0.4, 0.5) is 22.0 Å². The van der Waals surface area contributed by atoms with E-state index < -0.39 is 40.9 Å². The minimum atomic E-state index is -0.723. The number of likely N-dealkylation sites (tertiary alicyclic amines) is 1. The van der Waals surface area contributed by atoms with Crippen molar-refractivity contribution in [2.75, 3.05) is 118 Å². The van der Waals surface area contributed by atoms with E-state index in [1.165, 1.54) is 49.1 Å². The van der Waals surface area contributed by atoms with E-state index in [-0.39, 0.29) is 42.0 Å². The number of nitrogens with one attached hydrogen (secondary N) is 3. The van der Waals surface area contributed by atoms with Gasteiger partial charge in [-0.25, -0.2) is 36.9 Å². The van der Waals surface area contributed by atoms with Crippen LogP contribution in [0, 0.1) is 40.9 Å². The van der Waals surface area contributed by atoms with Gasteiger partial charge in [-0.05, 0) is 230 Å². The molecule has 116 heavy (non-hydrogen) atoms. The van der Waals surface area contributed by atoms with Gasteiger partial charge in [0.15, 0.2) is 0 Å². The van der Waals surface area contributed by atoms with E-state index in [9.17, 15) is 36.3 Å². The zero-order chi connectivity index (χ0) is 82.5. The van der Waals surface area contributed by atoms with Crippen LogP contribution in [-0.4, -0.2) is 200 Å². The third-order valence-corrected chi connectivity index (χ3v) is 21.5. The predicted octanol–water partition coefficient (Wildman–Crippen LogP) is 15.7. The Kier molecular flexibility index (Phi) is 35.6. The highest BCUT2D eigenvalue weighted by Crippen LogP contribution is 2.27. The SMILES string of the molecule is CCCN(Cc1nc2cc(CNCCCN3CCCCC3C)ccc2n1CCC)C(=O)c1cc(F)ccc1F.CCCn1c(CN(CC(C)C)C(=O)c2cc(F)ccc2F)nc2cc(CNCCCN3CCOCC3)ccc21.CCCn1c(CN(CC(C)C)C(=O)c2cccc(F)c2)nc2cc(CNCCCN3CCOCC3)ccc21. The van der Waals surface area contributed by atoms with Gasteiger partial charge in [0.2, 0.25) is 0 Å². The Hall–Kier alpha value is -8.53. The minimum absolute atomic E-state index is 0.149. The molecule has 3 amide bonds. The lowest BCUT2D eigenvalue weighted by Crippen LogP contribution is -2.38. The number of ether oxygens (including phenoxy) is 2. The number of rotatable bonds is 39. The van der Waals surface area contributed by atoms with Crippen LogP contribution in [0.2, 0.25) is 0 Å². The highest BCUT2D eigenvalue weighted by atomic mass is 19.1. The number of imidazole rings is 3. The van der Waals surface area contributed by atoms with Gasteiger partial charge in [-0.3, -0.25) is 24.2 Å². The second-order valence-corrected chi connectivity index (χ2v) is 32.0. The number of amides is 3. The van der Waals surface area contributed by atoms with Crippen LogP contribution in [0.15, 0.2) is 115 Å². The van der Waals surface area contributed by atoms with Gasteiger partial charge in [0, 0.05) is 96.7 Å². The Morgan fingerprint density at radius 3 is 1.27 bits per heavy atom. The average molecular weight is 1610 g/mol. The molecule has 3 N–H and O–H groups in total. The number of aromatic nitrogens is 6. The minimum Gasteiger partial charge on any atom is -0.379 e. The molecule has 0 saturated carbocycles. The molecule has 3 saturated heterocycles. The van der Waals surface area contributed by atoms with Gasteiger partial charge < -0.3 is 58.7 Å². The maximum Gasteiger partial charge on any atom is 0.257 e. The molecule has 3 aliphatic rings. The first-order chi connectivity index (χ1) is 56.2. The molecule has 25 heteroatoms. The molecule has 630 valence electrons. The molecule has 3 fully saturated rings. The van der Waals surface area contributed by atoms with E-state index in [2.05, 4.69) is 140 Å². The number of aryl methyl sites for hydroxylation is 3. The van der Waals surface area contributed by atoms with E-state index in [0.29, 0.717) is 44.2 Å². The molecule has 12 rings (SSSR count). The Balaban J connectivity index is 0.000000184. The molecule has 3 aromatic heterocycles. The highest BCUT2D eigenvalue weighted by molar-refractivity contribution is 5.96.